The molecule has 2 saturated carbocycles. The fraction of sp³-hybridized carbons (Fsp3) is 0.636. The van der Waals surface area contributed by atoms with Crippen LogP contribution in [0.3, 0.4) is 0 Å². The average Bonchev–Trinajstić information content (AvgIpc) is 3.07. The third kappa shape index (κ3) is 1.52. The molecule has 0 aliphatic heterocycles. The zero-order chi connectivity index (χ0) is 9.54. The summed E-state index contributed by atoms with van der Waals surface area (Å²) in [5.74, 6) is 2.25. The maximum Gasteiger partial charge on any atom is 0.142 e. The van der Waals surface area contributed by atoms with Gasteiger partial charge in [0.1, 0.15) is 5.82 Å². The Kier molecular flexibility index (Phi) is 1.80. The topological polar surface area (TPSA) is 51.8 Å². The van der Waals surface area contributed by atoms with Crippen LogP contribution in [0.4, 0.5) is 0 Å². The van der Waals surface area contributed by atoms with Gasteiger partial charge in [-0.05, 0) is 31.7 Å². The second-order valence-electron chi connectivity index (χ2n) is 4.39. The van der Waals surface area contributed by atoms with Crippen LogP contribution in [0.5, 0.6) is 0 Å². The molecule has 0 aromatic carbocycles. The standard InChI is InChI=1S/C11H15N3/c12-6-11-13-9(7-1-2-7)5-10(14-11)8-3-4-8/h5,7-8H,1-4,6,12H2. The van der Waals surface area contributed by atoms with Gasteiger partial charge >= 0.3 is 0 Å². The maximum absolute atomic E-state index is 5.60. The Morgan fingerprint density at radius 1 is 1.07 bits per heavy atom. The van der Waals surface area contributed by atoms with Crippen LogP contribution >= 0.6 is 0 Å². The van der Waals surface area contributed by atoms with Crippen molar-refractivity contribution >= 4 is 0 Å². The van der Waals surface area contributed by atoms with Gasteiger partial charge < -0.3 is 5.73 Å². The van der Waals surface area contributed by atoms with E-state index < -0.39 is 0 Å². The highest BCUT2D eigenvalue weighted by atomic mass is 14.9. The molecule has 3 heteroatoms. The Hall–Kier alpha value is -0.960. The van der Waals surface area contributed by atoms with Gasteiger partial charge in [0.15, 0.2) is 0 Å². The van der Waals surface area contributed by atoms with Crippen molar-refractivity contribution < 1.29 is 0 Å². The minimum absolute atomic E-state index is 0.473. The number of rotatable bonds is 3. The Labute approximate surface area is 83.8 Å². The molecule has 0 saturated heterocycles. The molecule has 3 rings (SSSR count). The van der Waals surface area contributed by atoms with E-state index in [4.69, 9.17) is 5.73 Å². The van der Waals surface area contributed by atoms with Crippen molar-refractivity contribution in [3.63, 3.8) is 0 Å². The van der Waals surface area contributed by atoms with E-state index in [-0.39, 0.29) is 0 Å². The summed E-state index contributed by atoms with van der Waals surface area (Å²) in [6.07, 6.45) is 5.19. The van der Waals surface area contributed by atoms with Gasteiger partial charge in [-0.3, -0.25) is 0 Å². The first kappa shape index (κ1) is 8.36. The summed E-state index contributed by atoms with van der Waals surface area (Å²) < 4.78 is 0. The lowest BCUT2D eigenvalue weighted by atomic mass is 10.2. The van der Waals surface area contributed by atoms with Gasteiger partial charge in [0, 0.05) is 23.2 Å². The molecule has 0 radical (unpaired) electrons. The summed E-state index contributed by atoms with van der Waals surface area (Å²) in [4.78, 5) is 8.98. The summed E-state index contributed by atoms with van der Waals surface area (Å²) in [6.45, 7) is 0.473. The minimum Gasteiger partial charge on any atom is -0.324 e. The molecule has 1 heterocycles. The van der Waals surface area contributed by atoms with Crippen molar-refractivity contribution in [1.29, 1.82) is 0 Å². The van der Waals surface area contributed by atoms with E-state index in [2.05, 4.69) is 16.0 Å². The molecule has 0 spiro atoms. The van der Waals surface area contributed by atoms with Crippen molar-refractivity contribution in [1.82, 2.24) is 9.97 Å². The molecular weight excluding hydrogens is 174 g/mol. The van der Waals surface area contributed by atoms with E-state index in [1.165, 1.54) is 37.1 Å². The number of hydrogen-bond donors (Lipinski definition) is 1. The predicted molar refractivity (Wildman–Crippen MR) is 53.9 cm³/mol. The molecule has 0 atom stereocenters. The lowest BCUT2D eigenvalue weighted by Crippen LogP contribution is -2.07. The SMILES string of the molecule is NCc1nc(C2CC2)cc(C2CC2)n1. The second kappa shape index (κ2) is 3.02. The smallest absolute Gasteiger partial charge is 0.142 e. The van der Waals surface area contributed by atoms with Crippen molar-refractivity contribution in [2.45, 2.75) is 44.1 Å². The molecule has 1 aromatic rings. The monoisotopic (exact) mass is 189 g/mol. The molecule has 0 bridgehead atoms. The molecular formula is C11H15N3. The van der Waals surface area contributed by atoms with E-state index in [0.717, 1.165) is 5.82 Å². The third-order valence-electron chi connectivity index (χ3n) is 2.99. The third-order valence-corrected chi connectivity index (χ3v) is 2.99. The van der Waals surface area contributed by atoms with Crippen molar-refractivity contribution in [3.8, 4) is 0 Å². The van der Waals surface area contributed by atoms with Crippen LogP contribution in [0.25, 0.3) is 0 Å². The molecule has 2 aliphatic carbocycles. The molecule has 2 aliphatic rings. The van der Waals surface area contributed by atoms with Gasteiger partial charge in [-0.15, -0.1) is 0 Å². The first-order valence-electron chi connectivity index (χ1n) is 5.44. The zero-order valence-corrected chi connectivity index (χ0v) is 8.24. The Morgan fingerprint density at radius 3 is 1.93 bits per heavy atom. The van der Waals surface area contributed by atoms with Crippen LogP contribution in [0, 0.1) is 0 Å². The average molecular weight is 189 g/mol. The lowest BCUT2D eigenvalue weighted by molar-refractivity contribution is 0.825. The van der Waals surface area contributed by atoms with Crippen LogP contribution < -0.4 is 5.73 Å². The quantitative estimate of drug-likeness (QED) is 0.787. The summed E-state index contributed by atoms with van der Waals surface area (Å²) >= 11 is 0. The molecule has 74 valence electrons. The first-order chi connectivity index (χ1) is 6.86. The highest BCUT2D eigenvalue weighted by Crippen LogP contribution is 2.43. The van der Waals surface area contributed by atoms with E-state index in [0.29, 0.717) is 18.4 Å². The van der Waals surface area contributed by atoms with Crippen molar-refractivity contribution in [3.05, 3.63) is 23.3 Å². The number of nitrogens with two attached hydrogens (primary N) is 1. The summed E-state index contributed by atoms with van der Waals surface area (Å²) in [7, 11) is 0. The molecule has 1 aromatic heterocycles. The first-order valence-corrected chi connectivity index (χ1v) is 5.44. The van der Waals surface area contributed by atoms with Gasteiger partial charge in [-0.25, -0.2) is 9.97 Å². The summed E-state index contributed by atoms with van der Waals surface area (Å²) in [5, 5.41) is 0. The van der Waals surface area contributed by atoms with E-state index in [1.807, 2.05) is 0 Å². The Morgan fingerprint density at radius 2 is 1.57 bits per heavy atom. The molecule has 0 amide bonds. The molecule has 2 N–H and O–H groups in total. The van der Waals surface area contributed by atoms with Gasteiger partial charge in [0.05, 0.1) is 6.54 Å². The predicted octanol–water partition coefficient (Wildman–Crippen LogP) is 1.69. The maximum atomic E-state index is 5.60. The van der Waals surface area contributed by atoms with Crippen LogP contribution in [0.15, 0.2) is 6.07 Å². The number of nitrogens with zero attached hydrogens (tertiary/aromatic N) is 2. The van der Waals surface area contributed by atoms with Crippen molar-refractivity contribution in [2.75, 3.05) is 0 Å². The van der Waals surface area contributed by atoms with E-state index >= 15 is 0 Å². The highest BCUT2D eigenvalue weighted by molar-refractivity contribution is 5.23. The second-order valence-corrected chi connectivity index (χ2v) is 4.39. The minimum atomic E-state index is 0.473. The number of aromatic nitrogens is 2. The fourth-order valence-electron chi connectivity index (χ4n) is 1.81. The van der Waals surface area contributed by atoms with Crippen LogP contribution in [-0.2, 0) is 6.54 Å². The van der Waals surface area contributed by atoms with Crippen LogP contribution in [0.1, 0.15) is 54.7 Å². The molecule has 14 heavy (non-hydrogen) atoms. The molecule has 3 nitrogen and oxygen atoms in total. The highest BCUT2D eigenvalue weighted by Gasteiger charge is 2.30. The van der Waals surface area contributed by atoms with E-state index in [1.54, 1.807) is 0 Å². The largest absolute Gasteiger partial charge is 0.324 e. The fourth-order valence-corrected chi connectivity index (χ4v) is 1.81. The Balaban J connectivity index is 1.97. The normalized spacial score (nSPS) is 21.2. The van der Waals surface area contributed by atoms with E-state index in [9.17, 15) is 0 Å². The van der Waals surface area contributed by atoms with Crippen molar-refractivity contribution in [2.24, 2.45) is 5.73 Å². The molecule has 0 unspecified atom stereocenters. The molecule has 2 fully saturated rings. The van der Waals surface area contributed by atoms with Crippen LogP contribution in [-0.4, -0.2) is 9.97 Å². The summed E-state index contributed by atoms with van der Waals surface area (Å²) in [5.41, 5.74) is 8.08. The van der Waals surface area contributed by atoms with Gasteiger partial charge in [0.2, 0.25) is 0 Å². The lowest BCUT2D eigenvalue weighted by Gasteiger charge is -2.04. The van der Waals surface area contributed by atoms with Gasteiger partial charge in [0.25, 0.3) is 0 Å². The summed E-state index contributed by atoms with van der Waals surface area (Å²) in [6, 6.07) is 2.20. The van der Waals surface area contributed by atoms with Gasteiger partial charge in [-0.1, -0.05) is 0 Å². The van der Waals surface area contributed by atoms with Gasteiger partial charge in [-0.2, -0.15) is 0 Å². The number of hydrogen-bond acceptors (Lipinski definition) is 3. The zero-order valence-electron chi connectivity index (χ0n) is 8.24. The van der Waals surface area contributed by atoms with Crippen LogP contribution in [0.2, 0.25) is 0 Å². The Bertz CT molecular complexity index is 323.